The van der Waals surface area contributed by atoms with Gasteiger partial charge in [0.1, 0.15) is 6.17 Å². The van der Waals surface area contributed by atoms with Crippen LogP contribution in [0, 0.1) is 5.92 Å². The summed E-state index contributed by atoms with van der Waals surface area (Å²) in [7, 11) is 0. The highest BCUT2D eigenvalue weighted by molar-refractivity contribution is 7.10. The van der Waals surface area contributed by atoms with Crippen LogP contribution >= 0.6 is 11.3 Å². The molecular weight excluding hydrogens is 256 g/mol. The fraction of sp³-hybridized carbons (Fsp3) is 0.667. The zero-order chi connectivity index (χ0) is 14.2. The van der Waals surface area contributed by atoms with Crippen molar-refractivity contribution in [2.75, 3.05) is 0 Å². The predicted octanol–water partition coefficient (Wildman–Crippen LogP) is 3.39. The molecule has 1 aliphatic rings. The summed E-state index contributed by atoms with van der Waals surface area (Å²) in [5, 5.41) is 5.61. The third-order valence-corrected chi connectivity index (χ3v) is 5.29. The molecule has 0 bridgehead atoms. The van der Waals surface area contributed by atoms with Gasteiger partial charge in [-0.15, -0.1) is 11.3 Å². The molecule has 0 saturated carbocycles. The minimum Gasteiger partial charge on any atom is -0.318 e. The molecular formula is C15H24N2OS. The molecule has 2 heterocycles. The maximum absolute atomic E-state index is 12.8. The molecule has 1 amide bonds. The first-order valence-electron chi connectivity index (χ1n) is 7.04. The molecule has 19 heavy (non-hydrogen) atoms. The molecule has 1 aliphatic heterocycles. The first kappa shape index (κ1) is 14.5. The fourth-order valence-corrected chi connectivity index (χ4v) is 3.26. The molecule has 1 saturated heterocycles. The highest BCUT2D eigenvalue weighted by Crippen LogP contribution is 2.37. The van der Waals surface area contributed by atoms with Crippen molar-refractivity contribution in [1.29, 1.82) is 0 Å². The van der Waals surface area contributed by atoms with E-state index in [1.165, 1.54) is 4.88 Å². The Hall–Kier alpha value is -0.870. The molecule has 0 aliphatic carbocycles. The number of carbonyl (C=O) groups is 1. The zero-order valence-corrected chi connectivity index (χ0v) is 13.3. The van der Waals surface area contributed by atoms with Crippen molar-refractivity contribution in [3.63, 3.8) is 0 Å². The van der Waals surface area contributed by atoms with Crippen molar-refractivity contribution in [2.45, 2.75) is 58.8 Å². The van der Waals surface area contributed by atoms with E-state index >= 15 is 0 Å². The number of rotatable bonds is 4. The summed E-state index contributed by atoms with van der Waals surface area (Å²) in [6.07, 6.45) is 0.838. The van der Waals surface area contributed by atoms with E-state index in [0.717, 1.165) is 6.42 Å². The van der Waals surface area contributed by atoms with Crippen LogP contribution < -0.4 is 5.32 Å². The standard InChI is InChI=1S/C15H24N2OS/c1-6-15(5)14(18)17(11(4)10(2)3)13(16-15)12-8-7-9-19-12/h7-11,13,16H,6H2,1-5H3. The lowest BCUT2D eigenvalue weighted by atomic mass is 9.97. The maximum Gasteiger partial charge on any atom is 0.244 e. The van der Waals surface area contributed by atoms with Crippen molar-refractivity contribution in [2.24, 2.45) is 5.92 Å². The number of hydrogen-bond acceptors (Lipinski definition) is 3. The van der Waals surface area contributed by atoms with E-state index < -0.39 is 5.54 Å². The number of carbonyl (C=O) groups excluding carboxylic acids is 1. The van der Waals surface area contributed by atoms with Gasteiger partial charge in [0, 0.05) is 10.9 Å². The van der Waals surface area contributed by atoms with E-state index in [2.05, 4.69) is 44.5 Å². The number of nitrogens with one attached hydrogen (secondary N) is 1. The molecule has 1 aromatic heterocycles. The van der Waals surface area contributed by atoms with Crippen LogP contribution in [-0.4, -0.2) is 22.4 Å². The zero-order valence-electron chi connectivity index (χ0n) is 12.4. The normalized spacial score (nSPS) is 29.3. The summed E-state index contributed by atoms with van der Waals surface area (Å²) < 4.78 is 0. The maximum atomic E-state index is 12.8. The summed E-state index contributed by atoms with van der Waals surface area (Å²) >= 11 is 1.71. The third kappa shape index (κ3) is 2.43. The van der Waals surface area contributed by atoms with Gasteiger partial charge >= 0.3 is 0 Å². The molecule has 3 nitrogen and oxygen atoms in total. The molecule has 1 aromatic rings. The molecule has 0 radical (unpaired) electrons. The van der Waals surface area contributed by atoms with E-state index in [1.54, 1.807) is 11.3 Å². The SMILES string of the molecule is CCC1(C)NC(c2cccs2)N(C(C)C(C)C)C1=O. The molecule has 0 aromatic carbocycles. The van der Waals surface area contributed by atoms with Gasteiger partial charge in [0.25, 0.3) is 0 Å². The van der Waals surface area contributed by atoms with Gasteiger partial charge < -0.3 is 4.90 Å². The second-order valence-corrected chi connectivity index (χ2v) is 6.92. The Morgan fingerprint density at radius 3 is 2.63 bits per heavy atom. The predicted molar refractivity (Wildman–Crippen MR) is 80.0 cm³/mol. The van der Waals surface area contributed by atoms with E-state index in [0.29, 0.717) is 5.92 Å². The second kappa shape index (κ2) is 5.25. The second-order valence-electron chi connectivity index (χ2n) is 5.94. The van der Waals surface area contributed by atoms with Crippen molar-refractivity contribution in [1.82, 2.24) is 10.2 Å². The minimum absolute atomic E-state index is 0.0230. The quantitative estimate of drug-likeness (QED) is 0.917. The van der Waals surface area contributed by atoms with Crippen LogP contribution in [-0.2, 0) is 4.79 Å². The van der Waals surface area contributed by atoms with Crippen LogP contribution in [0.15, 0.2) is 17.5 Å². The number of hydrogen-bond donors (Lipinski definition) is 1. The molecule has 2 rings (SSSR count). The molecule has 106 valence electrons. The Morgan fingerprint density at radius 2 is 2.16 bits per heavy atom. The number of nitrogens with zero attached hydrogens (tertiary/aromatic N) is 1. The van der Waals surface area contributed by atoms with E-state index in [9.17, 15) is 4.79 Å². The van der Waals surface area contributed by atoms with Gasteiger partial charge in [0.2, 0.25) is 5.91 Å². The molecule has 1 N–H and O–H groups in total. The van der Waals surface area contributed by atoms with Gasteiger partial charge in [-0.05, 0) is 37.6 Å². The van der Waals surface area contributed by atoms with Gasteiger partial charge in [-0.3, -0.25) is 10.1 Å². The summed E-state index contributed by atoms with van der Waals surface area (Å²) in [6, 6.07) is 4.39. The molecule has 4 heteroatoms. The first-order valence-corrected chi connectivity index (χ1v) is 7.92. The third-order valence-electron chi connectivity index (χ3n) is 4.36. The summed E-state index contributed by atoms with van der Waals surface area (Å²) in [6.45, 7) is 10.6. The van der Waals surface area contributed by atoms with Crippen molar-refractivity contribution >= 4 is 17.2 Å². The Balaban J connectivity index is 2.37. The van der Waals surface area contributed by atoms with Crippen LogP contribution in [0.3, 0.4) is 0 Å². The van der Waals surface area contributed by atoms with Gasteiger partial charge in [-0.1, -0.05) is 26.8 Å². The average Bonchev–Trinajstić information content (AvgIpc) is 2.97. The Kier molecular flexibility index (Phi) is 4.02. The average molecular weight is 280 g/mol. The van der Waals surface area contributed by atoms with E-state index in [1.807, 2.05) is 17.9 Å². The molecule has 3 atom stereocenters. The Labute approximate surface area is 120 Å². The lowest BCUT2D eigenvalue weighted by molar-refractivity contribution is -0.135. The summed E-state index contributed by atoms with van der Waals surface area (Å²) in [4.78, 5) is 16.0. The van der Waals surface area contributed by atoms with Gasteiger partial charge in [0.05, 0.1) is 5.54 Å². The van der Waals surface area contributed by atoms with Crippen LogP contribution in [0.25, 0.3) is 0 Å². The number of amides is 1. The van der Waals surface area contributed by atoms with Crippen molar-refractivity contribution in [3.8, 4) is 0 Å². The highest BCUT2D eigenvalue weighted by atomic mass is 32.1. The molecule has 0 spiro atoms. The lowest BCUT2D eigenvalue weighted by Crippen LogP contribution is -2.45. The van der Waals surface area contributed by atoms with Crippen LogP contribution in [0.2, 0.25) is 0 Å². The summed E-state index contributed by atoms with van der Waals surface area (Å²) in [5.74, 6) is 0.682. The fourth-order valence-electron chi connectivity index (χ4n) is 2.48. The molecule has 3 unspecified atom stereocenters. The van der Waals surface area contributed by atoms with Crippen LogP contribution in [0.1, 0.15) is 52.1 Å². The van der Waals surface area contributed by atoms with Gasteiger partial charge in [-0.2, -0.15) is 0 Å². The minimum atomic E-state index is -0.433. The monoisotopic (exact) mass is 280 g/mol. The van der Waals surface area contributed by atoms with Crippen molar-refractivity contribution < 1.29 is 4.79 Å². The van der Waals surface area contributed by atoms with Crippen molar-refractivity contribution in [3.05, 3.63) is 22.4 Å². The largest absolute Gasteiger partial charge is 0.318 e. The van der Waals surface area contributed by atoms with Crippen LogP contribution in [0.5, 0.6) is 0 Å². The first-order chi connectivity index (χ1) is 8.90. The smallest absolute Gasteiger partial charge is 0.244 e. The van der Waals surface area contributed by atoms with Gasteiger partial charge in [0.15, 0.2) is 0 Å². The molecule has 1 fully saturated rings. The summed E-state index contributed by atoms with van der Waals surface area (Å²) in [5.41, 5.74) is -0.433. The van der Waals surface area contributed by atoms with Crippen LogP contribution in [0.4, 0.5) is 0 Å². The highest BCUT2D eigenvalue weighted by Gasteiger charge is 2.49. The lowest BCUT2D eigenvalue weighted by Gasteiger charge is -2.32. The topological polar surface area (TPSA) is 32.3 Å². The van der Waals surface area contributed by atoms with Gasteiger partial charge in [-0.25, -0.2) is 0 Å². The van der Waals surface area contributed by atoms with E-state index in [-0.39, 0.29) is 18.1 Å². The number of thiophene rings is 1. The Bertz CT molecular complexity index is 443. The van der Waals surface area contributed by atoms with E-state index in [4.69, 9.17) is 0 Å². The Morgan fingerprint density at radius 1 is 1.47 bits per heavy atom.